The van der Waals surface area contributed by atoms with E-state index in [0.29, 0.717) is 29.9 Å². The maximum Gasteiger partial charge on any atom is 0.255 e. The van der Waals surface area contributed by atoms with Crippen LogP contribution in [0.5, 0.6) is 0 Å². The number of rotatable bonds is 6. The van der Waals surface area contributed by atoms with Crippen LogP contribution in [-0.2, 0) is 6.42 Å². The van der Waals surface area contributed by atoms with E-state index < -0.39 is 0 Å². The molecule has 0 aliphatic heterocycles. The van der Waals surface area contributed by atoms with Crippen molar-refractivity contribution in [3.63, 3.8) is 0 Å². The Kier molecular flexibility index (Phi) is 5.81. The number of nitrogens with zero attached hydrogens (tertiary/aromatic N) is 1. The molecule has 2 N–H and O–H groups in total. The zero-order chi connectivity index (χ0) is 19.2. The predicted octanol–water partition coefficient (Wildman–Crippen LogP) is 4.74. The Hall–Kier alpha value is -3.21. The van der Waals surface area contributed by atoms with Crippen molar-refractivity contribution in [3.05, 3.63) is 88.9 Å². The Balaban J connectivity index is 1.61. The third kappa shape index (κ3) is 4.91. The van der Waals surface area contributed by atoms with Crippen LogP contribution in [0.25, 0.3) is 0 Å². The van der Waals surface area contributed by atoms with Gasteiger partial charge in [0.2, 0.25) is 0 Å². The Morgan fingerprint density at radius 2 is 1.85 bits per heavy atom. The van der Waals surface area contributed by atoms with Gasteiger partial charge in [0.05, 0.1) is 0 Å². The van der Waals surface area contributed by atoms with Gasteiger partial charge in [0.1, 0.15) is 11.6 Å². The molecule has 0 unspecified atom stereocenters. The van der Waals surface area contributed by atoms with Crippen molar-refractivity contribution in [1.29, 1.82) is 0 Å². The number of benzene rings is 2. The molecule has 0 fully saturated rings. The summed E-state index contributed by atoms with van der Waals surface area (Å²) < 4.78 is 13.6. The van der Waals surface area contributed by atoms with E-state index in [1.54, 1.807) is 30.5 Å². The van der Waals surface area contributed by atoms with Gasteiger partial charge in [-0.3, -0.25) is 4.79 Å². The summed E-state index contributed by atoms with van der Waals surface area (Å²) in [5, 5.41) is 6.04. The molecule has 0 aliphatic carbocycles. The number of nitrogens with one attached hydrogen (secondary N) is 2. The van der Waals surface area contributed by atoms with Gasteiger partial charge in [0.15, 0.2) is 0 Å². The first kappa shape index (κ1) is 18.6. The van der Waals surface area contributed by atoms with Gasteiger partial charge in [-0.1, -0.05) is 24.3 Å². The molecule has 0 spiro atoms. The highest BCUT2D eigenvalue weighted by Gasteiger charge is 2.08. The fraction of sp³-hybridized carbons (Fsp3) is 0.182. The number of hydrogen-bond donors (Lipinski definition) is 2. The fourth-order valence-electron chi connectivity index (χ4n) is 2.72. The van der Waals surface area contributed by atoms with Gasteiger partial charge in [-0.25, -0.2) is 9.37 Å². The van der Waals surface area contributed by atoms with E-state index in [2.05, 4.69) is 15.6 Å². The largest absolute Gasteiger partial charge is 0.370 e. The molecule has 0 bridgehead atoms. The van der Waals surface area contributed by atoms with E-state index in [0.717, 1.165) is 11.3 Å². The molecule has 138 valence electrons. The minimum Gasteiger partial charge on any atom is -0.370 e. The molecule has 27 heavy (non-hydrogen) atoms. The topological polar surface area (TPSA) is 54.0 Å². The molecule has 0 saturated carbocycles. The highest BCUT2D eigenvalue weighted by atomic mass is 19.1. The summed E-state index contributed by atoms with van der Waals surface area (Å²) >= 11 is 0. The maximum absolute atomic E-state index is 13.6. The van der Waals surface area contributed by atoms with Crippen molar-refractivity contribution in [2.75, 3.05) is 17.2 Å². The Morgan fingerprint density at radius 3 is 2.63 bits per heavy atom. The van der Waals surface area contributed by atoms with Crippen LogP contribution in [0.2, 0.25) is 0 Å². The Labute approximate surface area is 158 Å². The van der Waals surface area contributed by atoms with Gasteiger partial charge in [0.25, 0.3) is 5.91 Å². The van der Waals surface area contributed by atoms with Crippen LogP contribution in [0.1, 0.15) is 27.0 Å². The number of aromatic nitrogens is 1. The molecule has 1 aromatic heterocycles. The lowest BCUT2D eigenvalue weighted by Crippen LogP contribution is -2.13. The molecule has 0 atom stereocenters. The van der Waals surface area contributed by atoms with Crippen molar-refractivity contribution in [2.24, 2.45) is 0 Å². The third-order valence-electron chi connectivity index (χ3n) is 4.45. The molecular weight excluding hydrogens is 341 g/mol. The summed E-state index contributed by atoms with van der Waals surface area (Å²) in [5.74, 6) is 0.172. The fourth-order valence-corrected chi connectivity index (χ4v) is 2.72. The summed E-state index contributed by atoms with van der Waals surface area (Å²) in [6, 6.07) is 15.9. The van der Waals surface area contributed by atoms with E-state index in [1.165, 1.54) is 11.6 Å². The summed E-state index contributed by atoms with van der Waals surface area (Å²) in [4.78, 5) is 16.7. The second-order valence-electron chi connectivity index (χ2n) is 6.45. The van der Waals surface area contributed by atoms with E-state index in [1.807, 2.05) is 38.1 Å². The zero-order valence-corrected chi connectivity index (χ0v) is 15.4. The number of pyridine rings is 1. The second-order valence-corrected chi connectivity index (χ2v) is 6.45. The first-order valence-corrected chi connectivity index (χ1v) is 8.85. The molecule has 0 radical (unpaired) electrons. The lowest BCUT2D eigenvalue weighted by atomic mass is 10.1. The minimum atomic E-state index is -0.214. The van der Waals surface area contributed by atoms with Gasteiger partial charge in [-0.15, -0.1) is 0 Å². The number of carbonyl (C=O) groups excluding carboxylic acids is 1. The number of halogens is 1. The van der Waals surface area contributed by atoms with Gasteiger partial charge < -0.3 is 10.6 Å². The van der Waals surface area contributed by atoms with Crippen LogP contribution in [0.15, 0.2) is 60.8 Å². The number of hydrogen-bond acceptors (Lipinski definition) is 3. The lowest BCUT2D eigenvalue weighted by molar-refractivity contribution is 0.102. The normalized spacial score (nSPS) is 10.5. The molecule has 3 rings (SSSR count). The molecular formula is C22H22FN3O. The number of aryl methyl sites for hydroxylation is 2. The first-order chi connectivity index (χ1) is 13.0. The van der Waals surface area contributed by atoms with Crippen LogP contribution < -0.4 is 10.6 Å². The number of amides is 1. The standard InChI is InChI=1S/C22H22FN3O/c1-15-7-8-19(13-16(15)2)26-22(27)18-10-12-25-21(14-18)24-11-9-17-5-3-4-6-20(17)23/h3-8,10,12-14H,9,11H2,1-2H3,(H,24,25)(H,26,27). The maximum atomic E-state index is 13.6. The van der Waals surface area contributed by atoms with E-state index in [4.69, 9.17) is 0 Å². The zero-order valence-electron chi connectivity index (χ0n) is 15.4. The van der Waals surface area contributed by atoms with E-state index in [9.17, 15) is 9.18 Å². The summed E-state index contributed by atoms with van der Waals surface area (Å²) in [6.07, 6.45) is 2.12. The summed E-state index contributed by atoms with van der Waals surface area (Å²) in [7, 11) is 0. The van der Waals surface area contributed by atoms with Crippen molar-refractivity contribution in [1.82, 2.24) is 4.98 Å². The second kappa shape index (κ2) is 8.45. The van der Waals surface area contributed by atoms with Crippen LogP contribution in [0.3, 0.4) is 0 Å². The lowest BCUT2D eigenvalue weighted by Gasteiger charge is -2.10. The Bertz CT molecular complexity index is 956. The van der Waals surface area contributed by atoms with Crippen molar-refractivity contribution in [3.8, 4) is 0 Å². The number of anilines is 2. The molecule has 4 nitrogen and oxygen atoms in total. The summed E-state index contributed by atoms with van der Waals surface area (Å²) in [5.41, 5.74) is 4.22. The van der Waals surface area contributed by atoms with Crippen molar-refractivity contribution < 1.29 is 9.18 Å². The van der Waals surface area contributed by atoms with Gasteiger partial charge in [-0.05, 0) is 67.3 Å². The van der Waals surface area contributed by atoms with Crippen LogP contribution in [0.4, 0.5) is 15.9 Å². The molecule has 2 aromatic carbocycles. The first-order valence-electron chi connectivity index (χ1n) is 8.85. The van der Waals surface area contributed by atoms with Gasteiger partial charge >= 0.3 is 0 Å². The number of carbonyl (C=O) groups is 1. The molecule has 1 heterocycles. The van der Waals surface area contributed by atoms with Crippen LogP contribution in [0, 0.1) is 19.7 Å². The van der Waals surface area contributed by atoms with Crippen molar-refractivity contribution >= 4 is 17.4 Å². The highest BCUT2D eigenvalue weighted by molar-refractivity contribution is 6.04. The van der Waals surface area contributed by atoms with Crippen LogP contribution in [-0.4, -0.2) is 17.4 Å². The summed E-state index contributed by atoms with van der Waals surface area (Å²) in [6.45, 7) is 4.56. The highest BCUT2D eigenvalue weighted by Crippen LogP contribution is 2.16. The SMILES string of the molecule is Cc1ccc(NC(=O)c2ccnc(NCCc3ccccc3F)c2)cc1C. The monoisotopic (exact) mass is 363 g/mol. The predicted molar refractivity (Wildman–Crippen MR) is 107 cm³/mol. The average Bonchev–Trinajstić information content (AvgIpc) is 2.66. The molecule has 5 heteroatoms. The van der Waals surface area contributed by atoms with Gasteiger partial charge in [-0.2, -0.15) is 0 Å². The third-order valence-corrected chi connectivity index (χ3v) is 4.45. The van der Waals surface area contributed by atoms with Gasteiger partial charge in [0, 0.05) is 24.0 Å². The van der Waals surface area contributed by atoms with Crippen molar-refractivity contribution in [2.45, 2.75) is 20.3 Å². The van der Waals surface area contributed by atoms with Crippen LogP contribution >= 0.6 is 0 Å². The molecule has 0 aliphatic rings. The minimum absolute atomic E-state index is 0.196. The Morgan fingerprint density at radius 1 is 1.04 bits per heavy atom. The average molecular weight is 363 g/mol. The molecule has 3 aromatic rings. The van der Waals surface area contributed by atoms with E-state index in [-0.39, 0.29) is 11.7 Å². The van der Waals surface area contributed by atoms with E-state index >= 15 is 0 Å². The molecule has 1 amide bonds. The smallest absolute Gasteiger partial charge is 0.255 e. The molecule has 0 saturated heterocycles. The quantitative estimate of drug-likeness (QED) is 0.665.